The molecule has 1 fully saturated rings. The minimum atomic E-state index is -3.49. The van der Waals surface area contributed by atoms with E-state index in [-0.39, 0.29) is 0 Å². The number of sulfonamides is 1. The Morgan fingerprint density at radius 2 is 1.47 bits per heavy atom. The summed E-state index contributed by atoms with van der Waals surface area (Å²) in [6.45, 7) is 7.92. The molecule has 0 atom stereocenters. The highest BCUT2D eigenvalue weighted by molar-refractivity contribution is 7.89. The number of benzene rings is 2. The van der Waals surface area contributed by atoms with E-state index < -0.39 is 10.0 Å². The maximum Gasteiger partial charge on any atom is 0.243 e. The zero-order chi connectivity index (χ0) is 21.3. The van der Waals surface area contributed by atoms with Crippen LogP contribution in [0.2, 0.25) is 0 Å². The van der Waals surface area contributed by atoms with Gasteiger partial charge in [0.15, 0.2) is 5.82 Å². The fourth-order valence-electron chi connectivity index (χ4n) is 3.89. The zero-order valence-corrected chi connectivity index (χ0v) is 18.4. The first-order valence-corrected chi connectivity index (χ1v) is 11.5. The maximum atomic E-state index is 13.0. The van der Waals surface area contributed by atoms with Gasteiger partial charge in [-0.15, -0.1) is 10.2 Å². The van der Waals surface area contributed by atoms with Crippen molar-refractivity contribution in [2.45, 2.75) is 25.7 Å². The molecule has 0 bridgehead atoms. The van der Waals surface area contributed by atoms with Crippen LogP contribution < -0.4 is 4.90 Å². The lowest BCUT2D eigenvalue weighted by atomic mass is 10.1. The molecule has 2 aromatic carbocycles. The second-order valence-electron chi connectivity index (χ2n) is 7.81. The summed E-state index contributed by atoms with van der Waals surface area (Å²) in [7, 11) is -3.49. The quantitative estimate of drug-likeness (QED) is 0.643. The van der Waals surface area contributed by atoms with Crippen LogP contribution in [0.1, 0.15) is 16.7 Å². The van der Waals surface area contributed by atoms with Gasteiger partial charge < -0.3 is 4.90 Å². The Morgan fingerprint density at radius 1 is 0.800 bits per heavy atom. The summed E-state index contributed by atoms with van der Waals surface area (Å²) in [6.07, 6.45) is 0. The number of aryl methyl sites for hydroxylation is 3. The van der Waals surface area contributed by atoms with E-state index in [1.165, 1.54) is 0 Å². The van der Waals surface area contributed by atoms with E-state index in [9.17, 15) is 8.42 Å². The highest BCUT2D eigenvalue weighted by Gasteiger charge is 2.29. The van der Waals surface area contributed by atoms with Gasteiger partial charge in [-0.1, -0.05) is 30.3 Å². The first-order chi connectivity index (χ1) is 14.3. The molecule has 7 heteroatoms. The molecule has 0 spiro atoms. The van der Waals surface area contributed by atoms with Crippen molar-refractivity contribution in [2.24, 2.45) is 0 Å². The van der Waals surface area contributed by atoms with Crippen molar-refractivity contribution < 1.29 is 8.42 Å². The molecule has 4 rings (SSSR count). The Bertz CT molecular complexity index is 1130. The van der Waals surface area contributed by atoms with Crippen molar-refractivity contribution >= 4 is 15.8 Å². The van der Waals surface area contributed by atoms with Gasteiger partial charge in [0.1, 0.15) is 0 Å². The largest absolute Gasteiger partial charge is 0.352 e. The summed E-state index contributed by atoms with van der Waals surface area (Å²) < 4.78 is 27.7. The summed E-state index contributed by atoms with van der Waals surface area (Å²) in [5.74, 6) is 0.774. The summed E-state index contributed by atoms with van der Waals surface area (Å²) in [6, 6.07) is 17.5. The third-order valence-corrected chi connectivity index (χ3v) is 7.34. The van der Waals surface area contributed by atoms with Gasteiger partial charge in [0, 0.05) is 31.7 Å². The molecule has 1 aromatic heterocycles. The molecule has 2 heterocycles. The molecule has 0 radical (unpaired) electrons. The molecule has 0 saturated carbocycles. The van der Waals surface area contributed by atoms with Crippen LogP contribution in [0.5, 0.6) is 0 Å². The first-order valence-electron chi connectivity index (χ1n) is 10.1. The number of rotatable bonds is 4. The molecule has 0 amide bonds. The lowest BCUT2D eigenvalue weighted by Gasteiger charge is -2.34. The minimum absolute atomic E-state index is 0.371. The van der Waals surface area contributed by atoms with Gasteiger partial charge in [0.2, 0.25) is 10.0 Å². The van der Waals surface area contributed by atoms with Gasteiger partial charge >= 0.3 is 0 Å². The van der Waals surface area contributed by atoms with Crippen LogP contribution in [-0.4, -0.2) is 49.1 Å². The minimum Gasteiger partial charge on any atom is -0.352 e. The predicted octanol–water partition coefficient (Wildman–Crippen LogP) is 3.58. The van der Waals surface area contributed by atoms with Crippen LogP contribution in [0, 0.1) is 20.8 Å². The van der Waals surface area contributed by atoms with Crippen LogP contribution in [0.3, 0.4) is 0 Å². The number of nitrogens with zero attached hydrogens (tertiary/aromatic N) is 4. The molecule has 3 aromatic rings. The van der Waals surface area contributed by atoms with Gasteiger partial charge in [-0.3, -0.25) is 0 Å². The predicted molar refractivity (Wildman–Crippen MR) is 119 cm³/mol. The molecule has 0 unspecified atom stereocenters. The molecule has 1 saturated heterocycles. The third kappa shape index (κ3) is 4.08. The normalized spacial score (nSPS) is 15.4. The number of hydrogen-bond donors (Lipinski definition) is 0. The lowest BCUT2D eigenvalue weighted by Crippen LogP contribution is -2.49. The van der Waals surface area contributed by atoms with Crippen molar-refractivity contribution in [3.05, 3.63) is 71.3 Å². The molecule has 6 nitrogen and oxygen atoms in total. The Kier molecular flexibility index (Phi) is 5.58. The van der Waals surface area contributed by atoms with E-state index in [2.05, 4.69) is 28.1 Å². The van der Waals surface area contributed by atoms with Crippen LogP contribution in [0.25, 0.3) is 11.3 Å². The fraction of sp³-hybridized carbons (Fsp3) is 0.304. The monoisotopic (exact) mass is 422 g/mol. The number of anilines is 1. The van der Waals surface area contributed by atoms with Gasteiger partial charge in [0.05, 0.1) is 10.6 Å². The van der Waals surface area contributed by atoms with Crippen molar-refractivity contribution in [3.63, 3.8) is 0 Å². The van der Waals surface area contributed by atoms with Gasteiger partial charge in [-0.05, 0) is 61.7 Å². The summed E-state index contributed by atoms with van der Waals surface area (Å²) >= 11 is 0. The molecule has 0 N–H and O–H groups in total. The molecule has 1 aliphatic heterocycles. The molecule has 30 heavy (non-hydrogen) atoms. The lowest BCUT2D eigenvalue weighted by molar-refractivity contribution is 0.383. The van der Waals surface area contributed by atoms with Crippen molar-refractivity contribution in [3.8, 4) is 11.3 Å². The average molecular weight is 423 g/mol. The standard InChI is InChI=1S/C23H26N4O2S/c1-17-14-18(2)16-20(15-17)30(28,29)27-12-10-26(11-13-27)23-9-8-22(24-25-23)21-7-5-4-6-19(21)3/h4-9,14-16H,10-13H2,1-3H3. The summed E-state index contributed by atoms with van der Waals surface area (Å²) in [4.78, 5) is 2.46. The van der Waals surface area contributed by atoms with E-state index in [4.69, 9.17) is 0 Å². The highest BCUT2D eigenvalue weighted by Crippen LogP contribution is 2.24. The molecular weight excluding hydrogens is 396 g/mol. The number of hydrogen-bond acceptors (Lipinski definition) is 5. The average Bonchev–Trinajstić information content (AvgIpc) is 2.74. The van der Waals surface area contributed by atoms with E-state index >= 15 is 0 Å². The second kappa shape index (κ2) is 8.16. The van der Waals surface area contributed by atoms with Crippen LogP contribution in [0.4, 0.5) is 5.82 Å². The van der Waals surface area contributed by atoms with Gasteiger partial charge in [0.25, 0.3) is 0 Å². The van der Waals surface area contributed by atoms with E-state index in [0.29, 0.717) is 31.1 Å². The topological polar surface area (TPSA) is 66.4 Å². The summed E-state index contributed by atoms with van der Waals surface area (Å²) in [5, 5.41) is 8.79. The molecule has 156 valence electrons. The Labute approximate surface area is 178 Å². The Morgan fingerprint density at radius 3 is 2.07 bits per heavy atom. The van der Waals surface area contributed by atoms with Crippen molar-refractivity contribution in [1.82, 2.24) is 14.5 Å². The van der Waals surface area contributed by atoms with Crippen LogP contribution >= 0.6 is 0 Å². The zero-order valence-electron chi connectivity index (χ0n) is 17.5. The van der Waals surface area contributed by atoms with Gasteiger partial charge in [-0.25, -0.2) is 8.42 Å². The van der Waals surface area contributed by atoms with Crippen LogP contribution in [0.15, 0.2) is 59.5 Å². The molecule has 1 aliphatic rings. The first kappa shape index (κ1) is 20.5. The third-order valence-electron chi connectivity index (χ3n) is 5.47. The number of piperazine rings is 1. The smallest absolute Gasteiger partial charge is 0.243 e. The maximum absolute atomic E-state index is 13.0. The fourth-order valence-corrected chi connectivity index (χ4v) is 5.50. The second-order valence-corrected chi connectivity index (χ2v) is 9.74. The number of aromatic nitrogens is 2. The van der Waals surface area contributed by atoms with Gasteiger partial charge in [-0.2, -0.15) is 4.31 Å². The van der Waals surface area contributed by atoms with Crippen molar-refractivity contribution in [1.29, 1.82) is 0 Å². The SMILES string of the molecule is Cc1cc(C)cc(S(=O)(=O)N2CCN(c3ccc(-c4ccccc4C)nn3)CC2)c1. The van der Waals surface area contributed by atoms with E-state index in [1.807, 2.05) is 50.2 Å². The van der Waals surface area contributed by atoms with Crippen molar-refractivity contribution in [2.75, 3.05) is 31.1 Å². The Balaban J connectivity index is 1.46. The van der Waals surface area contributed by atoms with Crippen LogP contribution in [-0.2, 0) is 10.0 Å². The summed E-state index contributed by atoms with van der Waals surface area (Å²) in [5.41, 5.74) is 4.98. The van der Waals surface area contributed by atoms with E-state index in [0.717, 1.165) is 33.8 Å². The highest BCUT2D eigenvalue weighted by atomic mass is 32.2. The Hall–Kier alpha value is -2.77. The molecular formula is C23H26N4O2S. The van der Waals surface area contributed by atoms with E-state index in [1.54, 1.807) is 16.4 Å². The molecule has 0 aliphatic carbocycles.